The SMILES string of the molecule is C[C@]12CC[C@@H](OS(=O)(=O)O)C[C@@H]1CC[C@@H]1[C@@H]2CC[C@]2(C)[C@@H](C(O)CO)CC[C@@H]12. The summed E-state index contributed by atoms with van der Waals surface area (Å²) in [7, 11) is -4.39. The first-order valence-corrected chi connectivity index (χ1v) is 12.4. The predicted molar refractivity (Wildman–Crippen MR) is 105 cm³/mol. The van der Waals surface area contributed by atoms with E-state index in [0.717, 1.165) is 44.9 Å². The van der Waals surface area contributed by atoms with Gasteiger partial charge in [-0.3, -0.25) is 4.55 Å². The van der Waals surface area contributed by atoms with Gasteiger partial charge < -0.3 is 10.2 Å². The van der Waals surface area contributed by atoms with Crippen LogP contribution >= 0.6 is 0 Å². The molecular weight excluding hydrogens is 380 g/mol. The van der Waals surface area contributed by atoms with Gasteiger partial charge in [-0.25, -0.2) is 4.18 Å². The van der Waals surface area contributed by atoms with Crippen LogP contribution in [0.25, 0.3) is 0 Å². The number of hydrogen-bond donors (Lipinski definition) is 3. The van der Waals surface area contributed by atoms with Crippen molar-refractivity contribution in [2.24, 2.45) is 40.4 Å². The first-order valence-electron chi connectivity index (χ1n) is 11.0. The van der Waals surface area contributed by atoms with E-state index in [-0.39, 0.29) is 23.4 Å². The lowest BCUT2D eigenvalue weighted by Gasteiger charge is -2.61. The highest BCUT2D eigenvalue weighted by Gasteiger charge is 2.61. The molecule has 0 spiro atoms. The molecule has 0 aliphatic heterocycles. The Hall–Kier alpha value is -0.210. The summed E-state index contributed by atoms with van der Waals surface area (Å²) in [6, 6.07) is 0. The first kappa shape index (κ1) is 21.0. The third-order valence-corrected chi connectivity index (χ3v) is 10.1. The second-order valence-electron chi connectivity index (χ2n) is 10.6. The molecule has 7 heteroatoms. The Kier molecular flexibility index (Phi) is 5.40. The average Bonchev–Trinajstić information content (AvgIpc) is 2.97. The van der Waals surface area contributed by atoms with E-state index >= 15 is 0 Å². The van der Waals surface area contributed by atoms with Crippen LogP contribution < -0.4 is 0 Å². The summed E-state index contributed by atoms with van der Waals surface area (Å²) in [5.41, 5.74) is 0.328. The van der Waals surface area contributed by atoms with Gasteiger partial charge in [0.25, 0.3) is 0 Å². The Balaban J connectivity index is 1.52. The topological polar surface area (TPSA) is 104 Å². The van der Waals surface area contributed by atoms with Crippen LogP contribution in [-0.2, 0) is 14.6 Å². The van der Waals surface area contributed by atoms with Crippen molar-refractivity contribution in [2.45, 2.75) is 83.8 Å². The summed E-state index contributed by atoms with van der Waals surface area (Å²) in [6.45, 7) is 4.60. The monoisotopic (exact) mass is 416 g/mol. The molecule has 0 aromatic heterocycles. The zero-order valence-corrected chi connectivity index (χ0v) is 17.9. The predicted octanol–water partition coefficient (Wildman–Crippen LogP) is 3.19. The number of hydrogen-bond acceptors (Lipinski definition) is 5. The Bertz CT molecular complexity index is 695. The molecule has 4 saturated carbocycles. The minimum atomic E-state index is -4.39. The summed E-state index contributed by atoms with van der Waals surface area (Å²) >= 11 is 0. The lowest BCUT2D eigenvalue weighted by atomic mass is 9.44. The van der Waals surface area contributed by atoms with Crippen LogP contribution in [0.1, 0.15) is 71.6 Å². The van der Waals surface area contributed by atoms with Gasteiger partial charge in [-0.15, -0.1) is 0 Å². The van der Waals surface area contributed by atoms with Crippen LogP contribution in [0.2, 0.25) is 0 Å². The number of rotatable bonds is 4. The van der Waals surface area contributed by atoms with Crippen LogP contribution in [-0.4, -0.2) is 42.0 Å². The molecule has 162 valence electrons. The lowest BCUT2D eigenvalue weighted by molar-refractivity contribution is -0.132. The second-order valence-corrected chi connectivity index (χ2v) is 11.6. The highest BCUT2D eigenvalue weighted by atomic mass is 32.3. The zero-order chi connectivity index (χ0) is 20.3. The summed E-state index contributed by atoms with van der Waals surface area (Å²) < 4.78 is 36.2. The molecule has 6 nitrogen and oxygen atoms in total. The van der Waals surface area contributed by atoms with Crippen molar-refractivity contribution in [1.82, 2.24) is 0 Å². The summed E-state index contributed by atoms with van der Waals surface area (Å²) in [6.07, 6.45) is 8.01. The highest BCUT2D eigenvalue weighted by molar-refractivity contribution is 7.80. The largest absolute Gasteiger partial charge is 0.397 e. The van der Waals surface area contributed by atoms with E-state index in [2.05, 4.69) is 13.8 Å². The van der Waals surface area contributed by atoms with E-state index in [1.54, 1.807) is 0 Å². The van der Waals surface area contributed by atoms with Crippen molar-refractivity contribution in [3.05, 3.63) is 0 Å². The molecule has 1 unspecified atom stereocenters. The third kappa shape index (κ3) is 3.35. The van der Waals surface area contributed by atoms with Crippen LogP contribution in [0.5, 0.6) is 0 Å². The quantitative estimate of drug-likeness (QED) is 0.608. The van der Waals surface area contributed by atoms with Crippen molar-refractivity contribution in [2.75, 3.05) is 6.61 Å². The standard InChI is InChI=1S/C21H36O6S/c1-20-9-7-14(27-28(24,25)26)11-13(20)3-4-15-16-5-6-18(19(23)12-22)21(16,2)10-8-17(15)20/h13-19,22-23H,3-12H2,1-2H3,(H,24,25,26)/t13-,14+,15-,16-,17-,18+,19?,20-,21-/m0/s1. The first-order chi connectivity index (χ1) is 13.1. The minimum absolute atomic E-state index is 0.123. The Labute approximate surface area is 169 Å². The molecule has 4 aliphatic carbocycles. The molecule has 3 N–H and O–H groups in total. The van der Waals surface area contributed by atoms with Gasteiger partial charge in [0, 0.05) is 0 Å². The van der Waals surface area contributed by atoms with Crippen molar-refractivity contribution in [3.8, 4) is 0 Å². The molecule has 0 aromatic carbocycles. The van der Waals surface area contributed by atoms with Crippen LogP contribution in [0.15, 0.2) is 0 Å². The Morgan fingerprint density at radius 3 is 2.36 bits per heavy atom. The summed E-state index contributed by atoms with van der Waals surface area (Å²) in [5.74, 6) is 2.56. The molecule has 0 amide bonds. The van der Waals surface area contributed by atoms with Gasteiger partial charge in [-0.05, 0) is 98.2 Å². The maximum absolute atomic E-state index is 11.1. The Morgan fingerprint density at radius 2 is 1.68 bits per heavy atom. The normalized spacial score (nSPS) is 49.8. The lowest BCUT2D eigenvalue weighted by Crippen LogP contribution is -2.54. The van der Waals surface area contributed by atoms with E-state index in [1.807, 2.05) is 0 Å². The van der Waals surface area contributed by atoms with Gasteiger partial charge >= 0.3 is 10.4 Å². The van der Waals surface area contributed by atoms with Gasteiger partial charge in [0.1, 0.15) is 0 Å². The van der Waals surface area contributed by atoms with Crippen molar-refractivity contribution in [1.29, 1.82) is 0 Å². The molecule has 4 aliphatic rings. The van der Waals surface area contributed by atoms with Crippen molar-refractivity contribution in [3.63, 3.8) is 0 Å². The van der Waals surface area contributed by atoms with Crippen LogP contribution in [0.3, 0.4) is 0 Å². The van der Waals surface area contributed by atoms with E-state index in [0.29, 0.717) is 36.5 Å². The number of aliphatic hydroxyl groups excluding tert-OH is 2. The molecular formula is C21H36O6S. The molecule has 28 heavy (non-hydrogen) atoms. The van der Waals surface area contributed by atoms with Gasteiger partial charge in [0.05, 0.1) is 18.8 Å². The number of fused-ring (bicyclic) bond motifs is 5. The van der Waals surface area contributed by atoms with Crippen LogP contribution in [0, 0.1) is 40.4 Å². The molecule has 0 saturated heterocycles. The van der Waals surface area contributed by atoms with Crippen LogP contribution in [0.4, 0.5) is 0 Å². The molecule has 0 bridgehead atoms. The highest BCUT2D eigenvalue weighted by Crippen LogP contribution is 2.67. The third-order valence-electron chi connectivity index (χ3n) is 9.60. The smallest absolute Gasteiger partial charge is 0.394 e. The zero-order valence-electron chi connectivity index (χ0n) is 17.1. The number of aliphatic hydroxyl groups is 2. The van der Waals surface area contributed by atoms with Gasteiger partial charge in [-0.2, -0.15) is 8.42 Å². The molecule has 0 aromatic rings. The molecule has 9 atom stereocenters. The van der Waals surface area contributed by atoms with Gasteiger partial charge in [0.2, 0.25) is 0 Å². The minimum Gasteiger partial charge on any atom is -0.394 e. The molecule has 4 rings (SSSR count). The maximum Gasteiger partial charge on any atom is 0.397 e. The average molecular weight is 417 g/mol. The molecule has 0 radical (unpaired) electrons. The fourth-order valence-corrected chi connectivity index (χ4v) is 8.80. The Morgan fingerprint density at radius 1 is 1.00 bits per heavy atom. The molecule has 0 heterocycles. The van der Waals surface area contributed by atoms with Crippen molar-refractivity contribution >= 4 is 10.4 Å². The summed E-state index contributed by atoms with van der Waals surface area (Å²) in [5, 5.41) is 19.9. The van der Waals surface area contributed by atoms with E-state index in [4.69, 9.17) is 8.74 Å². The summed E-state index contributed by atoms with van der Waals surface area (Å²) in [4.78, 5) is 0. The maximum atomic E-state index is 11.1. The van der Waals surface area contributed by atoms with E-state index < -0.39 is 22.6 Å². The fourth-order valence-electron chi connectivity index (χ4n) is 8.28. The molecule has 4 fully saturated rings. The van der Waals surface area contributed by atoms with E-state index in [1.165, 1.54) is 0 Å². The van der Waals surface area contributed by atoms with E-state index in [9.17, 15) is 18.6 Å². The fraction of sp³-hybridized carbons (Fsp3) is 1.00. The second kappa shape index (κ2) is 7.19. The van der Waals surface area contributed by atoms with Gasteiger partial charge in [-0.1, -0.05) is 13.8 Å². The van der Waals surface area contributed by atoms with Gasteiger partial charge in [0.15, 0.2) is 0 Å². The van der Waals surface area contributed by atoms with Crippen molar-refractivity contribution < 1.29 is 27.4 Å².